The lowest BCUT2D eigenvalue weighted by molar-refractivity contribution is -0.146. The number of phosphoric ester groups is 1. The van der Waals surface area contributed by atoms with Crippen LogP contribution in [0.5, 0.6) is 0 Å². The van der Waals surface area contributed by atoms with Gasteiger partial charge in [-0.15, -0.1) is 0 Å². The summed E-state index contributed by atoms with van der Waals surface area (Å²) >= 11 is 0. The fourth-order valence-electron chi connectivity index (χ4n) is 1.20. The number of rotatable bonds is 12. The molecule has 0 aliphatic heterocycles. The number of hydrogen-bond acceptors (Lipinski definition) is 8. The molecule has 1 amide bonds. The summed E-state index contributed by atoms with van der Waals surface area (Å²) in [6.45, 7) is 1.13. The summed E-state index contributed by atoms with van der Waals surface area (Å²) in [7, 11) is -4.66. The van der Waals surface area contributed by atoms with E-state index >= 15 is 0 Å². The summed E-state index contributed by atoms with van der Waals surface area (Å²) in [6, 6.07) is -1.53. The molecule has 0 fully saturated rings. The van der Waals surface area contributed by atoms with Crippen LogP contribution in [0.2, 0.25) is 0 Å². The zero-order chi connectivity index (χ0) is 18.8. The summed E-state index contributed by atoms with van der Waals surface area (Å²) in [6.07, 6.45) is -1.23. The van der Waals surface area contributed by atoms with Crippen LogP contribution in [0.3, 0.4) is 0 Å². The topological polar surface area (TPSA) is 169 Å². The molecule has 4 N–H and O–H groups in total. The molecule has 140 valence electrons. The number of aliphatic hydroxyl groups is 1. The third-order valence-corrected chi connectivity index (χ3v) is 3.46. The number of ether oxygens (including phenoxy) is 1. The summed E-state index contributed by atoms with van der Waals surface area (Å²) in [5.41, 5.74) is 0. The lowest BCUT2D eigenvalue weighted by Crippen LogP contribution is -2.43. The molecule has 0 bridgehead atoms. The van der Waals surface area contributed by atoms with Gasteiger partial charge in [-0.2, -0.15) is 0 Å². The van der Waals surface area contributed by atoms with Crippen LogP contribution in [0, 0.1) is 0 Å². The van der Waals surface area contributed by atoms with Crippen LogP contribution in [-0.2, 0) is 32.7 Å². The highest BCUT2D eigenvalue weighted by Gasteiger charge is 2.28. The van der Waals surface area contributed by atoms with Gasteiger partial charge in [0.05, 0.1) is 13.2 Å². The van der Waals surface area contributed by atoms with Crippen molar-refractivity contribution in [2.45, 2.75) is 38.8 Å². The zero-order valence-electron chi connectivity index (χ0n) is 13.3. The zero-order valence-corrected chi connectivity index (χ0v) is 14.2. The van der Waals surface area contributed by atoms with Gasteiger partial charge in [-0.25, -0.2) is 9.36 Å². The first kappa shape index (κ1) is 22.5. The van der Waals surface area contributed by atoms with Crippen molar-refractivity contribution in [2.24, 2.45) is 0 Å². The van der Waals surface area contributed by atoms with Crippen molar-refractivity contribution < 1.29 is 47.8 Å². The first-order chi connectivity index (χ1) is 11.1. The molecule has 11 nitrogen and oxygen atoms in total. The number of nitrogens with one attached hydrogen (secondary N) is 1. The summed E-state index contributed by atoms with van der Waals surface area (Å²) in [5.74, 6) is -2.59. The molecular weight excluding hydrogens is 349 g/mol. The van der Waals surface area contributed by atoms with E-state index in [-0.39, 0.29) is 12.8 Å². The van der Waals surface area contributed by atoms with E-state index in [9.17, 15) is 28.9 Å². The first-order valence-corrected chi connectivity index (χ1v) is 8.58. The predicted molar refractivity (Wildman–Crippen MR) is 78.8 cm³/mol. The van der Waals surface area contributed by atoms with Crippen LogP contribution in [0.25, 0.3) is 0 Å². The molecule has 0 rings (SSSR count). The second-order valence-electron chi connectivity index (χ2n) is 4.56. The van der Waals surface area contributed by atoms with Crippen LogP contribution in [0.1, 0.15) is 26.7 Å². The van der Waals surface area contributed by atoms with Gasteiger partial charge in [0, 0.05) is 12.8 Å². The van der Waals surface area contributed by atoms with Gasteiger partial charge in [0.25, 0.3) is 0 Å². The highest BCUT2D eigenvalue weighted by molar-refractivity contribution is 7.47. The number of esters is 1. The quantitative estimate of drug-likeness (QED) is 0.257. The first-order valence-electron chi connectivity index (χ1n) is 7.09. The Morgan fingerprint density at radius 3 is 2.17 bits per heavy atom. The van der Waals surface area contributed by atoms with E-state index in [2.05, 4.69) is 19.1 Å². The fraction of sp³-hybridized carbons (Fsp3) is 0.750. The van der Waals surface area contributed by atoms with Crippen molar-refractivity contribution in [1.82, 2.24) is 5.32 Å². The molecule has 0 saturated carbocycles. The van der Waals surface area contributed by atoms with Gasteiger partial charge in [-0.1, -0.05) is 13.8 Å². The van der Waals surface area contributed by atoms with Crippen molar-refractivity contribution in [2.75, 3.05) is 19.8 Å². The van der Waals surface area contributed by atoms with Crippen molar-refractivity contribution in [3.63, 3.8) is 0 Å². The molecule has 0 aromatic rings. The van der Waals surface area contributed by atoms with Crippen molar-refractivity contribution in [1.29, 1.82) is 0 Å². The molecule has 0 radical (unpaired) electrons. The van der Waals surface area contributed by atoms with Crippen LogP contribution in [0.4, 0.5) is 0 Å². The minimum absolute atomic E-state index is 0.0275. The maximum atomic E-state index is 11.6. The van der Waals surface area contributed by atoms with E-state index in [0.717, 1.165) is 0 Å². The molecule has 0 heterocycles. The standard InChI is InChI=1S/C12H22NO10P/c1-3-10(15)13-9(12(17)18)7-23-24(19,20)22-6-8(14)5-21-11(16)4-2/h8-9,14H,3-7H2,1-2H3,(H,13,15)(H,17,18)(H,19,20). The second-order valence-corrected chi connectivity index (χ2v) is 6.02. The van der Waals surface area contributed by atoms with Crippen molar-refractivity contribution in [3.8, 4) is 0 Å². The third kappa shape index (κ3) is 10.3. The Balaban J connectivity index is 4.31. The van der Waals surface area contributed by atoms with E-state index in [0.29, 0.717) is 0 Å². The maximum Gasteiger partial charge on any atom is 0.472 e. The van der Waals surface area contributed by atoms with Gasteiger partial charge in [-0.05, 0) is 0 Å². The number of aliphatic carboxylic acids is 1. The minimum Gasteiger partial charge on any atom is -0.480 e. The lowest BCUT2D eigenvalue weighted by Gasteiger charge is -2.18. The van der Waals surface area contributed by atoms with E-state index in [1.807, 2.05) is 0 Å². The minimum atomic E-state index is -4.66. The van der Waals surface area contributed by atoms with Crippen LogP contribution in [0.15, 0.2) is 0 Å². The number of phosphoric acid groups is 1. The van der Waals surface area contributed by atoms with Crippen molar-refractivity contribution >= 4 is 25.7 Å². The van der Waals surface area contributed by atoms with E-state index in [4.69, 9.17) is 5.11 Å². The Labute approximate surface area is 138 Å². The molecule has 3 atom stereocenters. The predicted octanol–water partition coefficient (Wildman–Crippen LogP) is -0.587. The smallest absolute Gasteiger partial charge is 0.472 e. The van der Waals surface area contributed by atoms with Gasteiger partial charge in [-0.3, -0.25) is 18.6 Å². The largest absolute Gasteiger partial charge is 0.480 e. The molecule has 0 aliphatic carbocycles. The molecule has 0 aliphatic rings. The van der Waals surface area contributed by atoms with Gasteiger partial charge in [0.1, 0.15) is 12.7 Å². The second kappa shape index (κ2) is 11.1. The molecule has 0 saturated heterocycles. The van der Waals surface area contributed by atoms with E-state index < -0.39 is 57.6 Å². The number of amides is 1. The average molecular weight is 371 g/mol. The Hall–Kier alpha value is -1.52. The molecule has 0 aromatic carbocycles. The van der Waals surface area contributed by atoms with Crippen LogP contribution < -0.4 is 5.32 Å². The molecule has 12 heteroatoms. The number of hydrogen-bond donors (Lipinski definition) is 4. The van der Waals surface area contributed by atoms with Crippen molar-refractivity contribution in [3.05, 3.63) is 0 Å². The Morgan fingerprint density at radius 2 is 1.67 bits per heavy atom. The fourth-order valence-corrected chi connectivity index (χ4v) is 1.97. The summed E-state index contributed by atoms with van der Waals surface area (Å²) in [4.78, 5) is 42.3. The molecule has 3 unspecified atom stereocenters. The number of carbonyl (C=O) groups excluding carboxylic acids is 2. The lowest BCUT2D eigenvalue weighted by atomic mass is 10.3. The van der Waals surface area contributed by atoms with Crippen LogP contribution >= 0.6 is 7.82 Å². The highest BCUT2D eigenvalue weighted by atomic mass is 31.2. The number of aliphatic hydroxyl groups excluding tert-OH is 1. The number of carboxylic acids is 1. The number of carboxylic acid groups (broad SMARTS) is 1. The highest BCUT2D eigenvalue weighted by Crippen LogP contribution is 2.43. The van der Waals surface area contributed by atoms with Gasteiger partial charge in [0.2, 0.25) is 5.91 Å². The Bertz CT molecular complexity index is 482. The SMILES string of the molecule is CCC(=O)NC(COP(=O)(O)OCC(O)COC(=O)CC)C(=O)O. The van der Waals surface area contributed by atoms with Gasteiger partial charge < -0.3 is 25.2 Å². The monoisotopic (exact) mass is 371 g/mol. The van der Waals surface area contributed by atoms with E-state index in [1.165, 1.54) is 6.92 Å². The third-order valence-electron chi connectivity index (χ3n) is 2.51. The van der Waals surface area contributed by atoms with E-state index in [1.54, 1.807) is 6.92 Å². The maximum absolute atomic E-state index is 11.6. The molecule has 0 aromatic heterocycles. The molecular formula is C12H22NO10P. The number of carbonyl (C=O) groups is 3. The average Bonchev–Trinajstić information content (AvgIpc) is 2.53. The normalized spacial score (nSPS) is 15.8. The Kier molecular flexibility index (Phi) is 10.4. The summed E-state index contributed by atoms with van der Waals surface area (Å²) in [5, 5.41) is 20.4. The van der Waals surface area contributed by atoms with Gasteiger partial charge in [0.15, 0.2) is 6.04 Å². The molecule has 0 spiro atoms. The molecule has 24 heavy (non-hydrogen) atoms. The van der Waals surface area contributed by atoms with Crippen LogP contribution in [-0.4, -0.2) is 64.9 Å². The Morgan fingerprint density at radius 1 is 1.08 bits per heavy atom. The van der Waals surface area contributed by atoms with Gasteiger partial charge >= 0.3 is 19.8 Å². The summed E-state index contributed by atoms with van der Waals surface area (Å²) < 4.78 is 25.1.